The van der Waals surface area contributed by atoms with Crippen molar-refractivity contribution in [3.8, 4) is 0 Å². The minimum Gasteiger partial charge on any atom is -0.382 e. The number of rotatable bonds is 5. The molecule has 0 bridgehead atoms. The lowest BCUT2D eigenvalue weighted by atomic mass is 10.3. The zero-order chi connectivity index (χ0) is 12.6. The van der Waals surface area contributed by atoms with Crippen molar-refractivity contribution in [2.45, 2.75) is 25.2 Å². The van der Waals surface area contributed by atoms with Gasteiger partial charge in [0.05, 0.1) is 5.75 Å². The van der Waals surface area contributed by atoms with Crippen LogP contribution in [0.5, 0.6) is 0 Å². The average molecular weight is 275 g/mol. The quantitative estimate of drug-likeness (QED) is 0.852. The third-order valence-electron chi connectivity index (χ3n) is 3.17. The summed E-state index contributed by atoms with van der Waals surface area (Å²) in [6, 6.07) is 0. The first-order chi connectivity index (χ1) is 7.95. The minimum atomic E-state index is -3.30. The summed E-state index contributed by atoms with van der Waals surface area (Å²) in [5.74, 6) is 1.54. The van der Waals surface area contributed by atoms with Crippen molar-refractivity contribution in [3.05, 3.63) is 0 Å². The van der Waals surface area contributed by atoms with Gasteiger partial charge in [0, 0.05) is 6.54 Å². The van der Waals surface area contributed by atoms with Crippen LogP contribution in [0.15, 0.2) is 4.90 Å². The van der Waals surface area contributed by atoms with E-state index in [4.69, 9.17) is 5.73 Å². The molecule has 2 unspecified atom stereocenters. The van der Waals surface area contributed by atoms with Gasteiger partial charge in [-0.3, -0.25) is 0 Å². The van der Waals surface area contributed by atoms with Gasteiger partial charge in [-0.15, -0.1) is 0 Å². The van der Waals surface area contributed by atoms with Crippen LogP contribution in [0.25, 0.3) is 0 Å². The van der Waals surface area contributed by atoms with E-state index in [1.54, 1.807) is 6.92 Å². The number of anilines is 2. The van der Waals surface area contributed by atoms with E-state index in [-0.39, 0.29) is 16.5 Å². The van der Waals surface area contributed by atoms with Gasteiger partial charge < -0.3 is 11.1 Å². The molecule has 2 atom stereocenters. The molecule has 3 N–H and O–H groups in total. The van der Waals surface area contributed by atoms with Crippen LogP contribution in [0.2, 0.25) is 0 Å². The molecule has 17 heavy (non-hydrogen) atoms. The lowest BCUT2D eigenvalue weighted by Gasteiger charge is -2.06. The zero-order valence-corrected chi connectivity index (χ0v) is 11.6. The SMILES string of the molecule is CCS(=O)(=O)c1c(N)nsc1NCC1CC1C. The molecular weight excluding hydrogens is 258 g/mol. The van der Waals surface area contributed by atoms with E-state index >= 15 is 0 Å². The molecule has 0 aliphatic heterocycles. The van der Waals surface area contributed by atoms with E-state index in [1.807, 2.05) is 0 Å². The fraction of sp³-hybridized carbons (Fsp3) is 0.700. The number of hydrogen-bond donors (Lipinski definition) is 2. The summed E-state index contributed by atoms with van der Waals surface area (Å²) in [5, 5.41) is 3.75. The summed E-state index contributed by atoms with van der Waals surface area (Å²) in [7, 11) is -3.30. The number of aromatic nitrogens is 1. The first-order valence-corrected chi connectivity index (χ1v) is 8.10. The van der Waals surface area contributed by atoms with Gasteiger partial charge in [0.1, 0.15) is 9.90 Å². The Labute approximate surface area is 105 Å². The lowest BCUT2D eigenvalue weighted by Crippen LogP contribution is -2.10. The Morgan fingerprint density at radius 2 is 2.24 bits per heavy atom. The van der Waals surface area contributed by atoms with Crippen molar-refractivity contribution in [2.75, 3.05) is 23.3 Å². The number of nitrogens with one attached hydrogen (secondary N) is 1. The third kappa shape index (κ3) is 2.55. The lowest BCUT2D eigenvalue weighted by molar-refractivity contribution is 0.598. The van der Waals surface area contributed by atoms with Crippen LogP contribution in [0.3, 0.4) is 0 Å². The normalized spacial score (nSPS) is 23.6. The predicted octanol–water partition coefficient (Wildman–Crippen LogP) is 1.59. The van der Waals surface area contributed by atoms with Crippen LogP contribution < -0.4 is 11.1 Å². The third-order valence-corrected chi connectivity index (χ3v) is 5.91. The first-order valence-electron chi connectivity index (χ1n) is 5.67. The number of nitrogen functional groups attached to an aromatic ring is 1. The Morgan fingerprint density at radius 3 is 2.76 bits per heavy atom. The van der Waals surface area contributed by atoms with Crippen LogP contribution in [0.1, 0.15) is 20.3 Å². The van der Waals surface area contributed by atoms with Gasteiger partial charge in [-0.2, -0.15) is 4.37 Å². The van der Waals surface area contributed by atoms with Crippen LogP contribution in [0, 0.1) is 11.8 Å². The number of hydrogen-bond acceptors (Lipinski definition) is 6. The van der Waals surface area contributed by atoms with Crippen LogP contribution in [0.4, 0.5) is 10.8 Å². The molecule has 5 nitrogen and oxygen atoms in total. The maximum absolute atomic E-state index is 11.9. The van der Waals surface area contributed by atoms with Gasteiger partial charge in [0.2, 0.25) is 0 Å². The average Bonchev–Trinajstić information content (AvgIpc) is 2.84. The first kappa shape index (κ1) is 12.6. The molecule has 1 aromatic rings. The Hall–Kier alpha value is -0.820. The van der Waals surface area contributed by atoms with Crippen molar-refractivity contribution in [1.29, 1.82) is 0 Å². The maximum Gasteiger partial charge on any atom is 0.184 e. The molecule has 2 rings (SSSR count). The van der Waals surface area contributed by atoms with Crippen molar-refractivity contribution >= 4 is 32.2 Å². The van der Waals surface area contributed by atoms with E-state index in [2.05, 4.69) is 16.6 Å². The highest BCUT2D eigenvalue weighted by atomic mass is 32.2. The van der Waals surface area contributed by atoms with Gasteiger partial charge in [0.25, 0.3) is 0 Å². The smallest absolute Gasteiger partial charge is 0.184 e. The molecule has 0 saturated heterocycles. The molecular formula is C10H17N3O2S2. The van der Waals surface area contributed by atoms with Crippen molar-refractivity contribution in [3.63, 3.8) is 0 Å². The molecule has 1 aromatic heterocycles. The second-order valence-electron chi connectivity index (χ2n) is 4.48. The molecule has 0 radical (unpaired) electrons. The summed E-state index contributed by atoms with van der Waals surface area (Å²) in [4.78, 5) is 0.179. The summed E-state index contributed by atoms with van der Waals surface area (Å²) < 4.78 is 27.7. The number of sulfone groups is 1. The highest BCUT2D eigenvalue weighted by Gasteiger charge is 2.33. The molecule has 1 fully saturated rings. The van der Waals surface area contributed by atoms with E-state index in [1.165, 1.54) is 6.42 Å². The Bertz CT molecular complexity index is 510. The van der Waals surface area contributed by atoms with Gasteiger partial charge in [-0.05, 0) is 29.8 Å². The molecule has 0 amide bonds. The monoisotopic (exact) mass is 275 g/mol. The Balaban J connectivity index is 2.17. The molecule has 1 aliphatic rings. The summed E-state index contributed by atoms with van der Waals surface area (Å²) in [6.45, 7) is 4.60. The van der Waals surface area contributed by atoms with Gasteiger partial charge in [-0.1, -0.05) is 13.8 Å². The van der Waals surface area contributed by atoms with Crippen LogP contribution >= 0.6 is 11.5 Å². The Morgan fingerprint density at radius 1 is 1.59 bits per heavy atom. The molecule has 1 saturated carbocycles. The van der Waals surface area contributed by atoms with E-state index in [0.717, 1.165) is 24.0 Å². The predicted molar refractivity (Wildman–Crippen MR) is 70.0 cm³/mol. The number of nitrogens with zero attached hydrogens (tertiary/aromatic N) is 1. The molecule has 7 heteroatoms. The Kier molecular flexibility index (Phi) is 3.31. The molecule has 1 aliphatic carbocycles. The molecule has 96 valence electrons. The highest BCUT2D eigenvalue weighted by molar-refractivity contribution is 7.91. The van der Waals surface area contributed by atoms with Crippen LogP contribution in [-0.2, 0) is 9.84 Å². The van der Waals surface area contributed by atoms with Crippen molar-refractivity contribution in [1.82, 2.24) is 4.37 Å². The fourth-order valence-corrected chi connectivity index (χ4v) is 3.93. The standard InChI is InChI=1S/C10H17N3O2S2/c1-3-17(14,15)8-9(11)13-16-10(8)12-5-7-4-6(7)2/h6-7,12H,3-5H2,1-2H3,(H2,11,13). The fourth-order valence-electron chi connectivity index (χ4n) is 1.76. The van der Waals surface area contributed by atoms with Gasteiger partial charge >= 0.3 is 0 Å². The molecule has 0 aromatic carbocycles. The highest BCUT2D eigenvalue weighted by Crippen LogP contribution is 2.39. The molecule has 1 heterocycles. The van der Waals surface area contributed by atoms with Crippen LogP contribution in [-0.4, -0.2) is 25.1 Å². The number of nitrogens with two attached hydrogens (primary N) is 1. The van der Waals surface area contributed by atoms with E-state index in [9.17, 15) is 8.42 Å². The van der Waals surface area contributed by atoms with Gasteiger partial charge in [-0.25, -0.2) is 8.42 Å². The van der Waals surface area contributed by atoms with Crippen molar-refractivity contribution < 1.29 is 8.42 Å². The summed E-state index contributed by atoms with van der Waals surface area (Å²) >= 11 is 1.12. The second kappa shape index (κ2) is 4.45. The minimum absolute atomic E-state index is 0.0458. The second-order valence-corrected chi connectivity index (χ2v) is 7.47. The van der Waals surface area contributed by atoms with Gasteiger partial charge in [0.15, 0.2) is 15.7 Å². The largest absolute Gasteiger partial charge is 0.382 e. The maximum atomic E-state index is 11.9. The van der Waals surface area contributed by atoms with E-state index < -0.39 is 9.84 Å². The van der Waals surface area contributed by atoms with E-state index in [0.29, 0.717) is 10.9 Å². The molecule has 0 spiro atoms. The summed E-state index contributed by atoms with van der Waals surface area (Å²) in [6.07, 6.45) is 1.21. The van der Waals surface area contributed by atoms with Crippen molar-refractivity contribution in [2.24, 2.45) is 11.8 Å². The topological polar surface area (TPSA) is 85.1 Å². The summed E-state index contributed by atoms with van der Waals surface area (Å²) in [5.41, 5.74) is 5.63. The zero-order valence-electron chi connectivity index (χ0n) is 9.93.